The maximum Gasteiger partial charge on any atom is 0.267 e. The molecule has 0 spiro atoms. The third-order valence-corrected chi connectivity index (χ3v) is 2.43. The van der Waals surface area contributed by atoms with Gasteiger partial charge in [-0.3, -0.25) is 4.79 Å². The number of rotatable bonds is 2. The van der Waals surface area contributed by atoms with Gasteiger partial charge in [0.1, 0.15) is 0 Å². The molecule has 0 N–H and O–H groups in total. The van der Waals surface area contributed by atoms with Crippen LogP contribution in [0.25, 0.3) is 0 Å². The Bertz CT molecular complexity index is 522. The molecule has 0 saturated carbocycles. The van der Waals surface area contributed by atoms with E-state index in [0.29, 0.717) is 11.6 Å². The predicted molar refractivity (Wildman–Crippen MR) is 59.1 cm³/mol. The average Bonchev–Trinajstić information content (AvgIpc) is 2.24. The SMILES string of the molecule is O=c1cccnn1Cc1ccccc1Cl. The molecule has 0 aliphatic heterocycles. The van der Waals surface area contributed by atoms with E-state index >= 15 is 0 Å². The van der Waals surface area contributed by atoms with E-state index in [-0.39, 0.29) is 5.56 Å². The Labute approximate surface area is 91.9 Å². The second-order valence-corrected chi connectivity index (χ2v) is 3.52. The minimum Gasteiger partial charge on any atom is -0.268 e. The quantitative estimate of drug-likeness (QED) is 0.776. The number of hydrogen-bond donors (Lipinski definition) is 0. The molecule has 1 aromatic heterocycles. The molecular formula is C11H9ClN2O. The van der Waals surface area contributed by atoms with Crippen molar-refractivity contribution in [3.63, 3.8) is 0 Å². The zero-order valence-corrected chi connectivity index (χ0v) is 8.69. The third-order valence-electron chi connectivity index (χ3n) is 2.06. The third kappa shape index (κ3) is 2.25. The fraction of sp³-hybridized carbons (Fsp3) is 0.0909. The molecule has 0 amide bonds. The van der Waals surface area contributed by atoms with Crippen molar-refractivity contribution >= 4 is 11.6 Å². The van der Waals surface area contributed by atoms with Gasteiger partial charge in [-0.25, -0.2) is 4.68 Å². The molecule has 3 nitrogen and oxygen atoms in total. The Morgan fingerprint density at radius 3 is 2.73 bits per heavy atom. The molecule has 1 heterocycles. The fourth-order valence-electron chi connectivity index (χ4n) is 1.29. The summed E-state index contributed by atoms with van der Waals surface area (Å²) in [5, 5.41) is 4.61. The summed E-state index contributed by atoms with van der Waals surface area (Å²) in [5.41, 5.74) is 0.761. The van der Waals surface area contributed by atoms with Crippen molar-refractivity contribution in [1.82, 2.24) is 9.78 Å². The molecule has 0 fully saturated rings. The fourth-order valence-corrected chi connectivity index (χ4v) is 1.49. The molecule has 0 bridgehead atoms. The highest BCUT2D eigenvalue weighted by Crippen LogP contribution is 2.14. The molecule has 0 radical (unpaired) electrons. The Hall–Kier alpha value is -1.61. The van der Waals surface area contributed by atoms with Gasteiger partial charge in [0.05, 0.1) is 6.54 Å². The van der Waals surface area contributed by atoms with E-state index < -0.39 is 0 Å². The summed E-state index contributed by atoms with van der Waals surface area (Å²) in [5.74, 6) is 0. The Kier molecular flexibility index (Phi) is 2.83. The number of nitrogens with zero attached hydrogens (tertiary/aromatic N) is 2. The van der Waals surface area contributed by atoms with Crippen LogP contribution in [0.3, 0.4) is 0 Å². The normalized spacial score (nSPS) is 10.2. The Balaban J connectivity index is 2.34. The highest BCUT2D eigenvalue weighted by atomic mass is 35.5. The van der Waals surface area contributed by atoms with Gasteiger partial charge in [0.25, 0.3) is 5.56 Å². The van der Waals surface area contributed by atoms with Gasteiger partial charge in [0, 0.05) is 17.3 Å². The van der Waals surface area contributed by atoms with Gasteiger partial charge >= 0.3 is 0 Å². The molecule has 15 heavy (non-hydrogen) atoms. The molecule has 0 aliphatic rings. The van der Waals surface area contributed by atoms with Gasteiger partial charge in [0.15, 0.2) is 0 Å². The molecule has 0 unspecified atom stereocenters. The lowest BCUT2D eigenvalue weighted by Crippen LogP contribution is -2.21. The molecule has 2 aromatic rings. The van der Waals surface area contributed by atoms with E-state index in [9.17, 15) is 4.79 Å². The molecule has 0 atom stereocenters. The number of hydrogen-bond acceptors (Lipinski definition) is 2. The van der Waals surface area contributed by atoms with Crippen LogP contribution in [-0.4, -0.2) is 9.78 Å². The maximum atomic E-state index is 11.4. The zero-order chi connectivity index (χ0) is 10.7. The van der Waals surface area contributed by atoms with Crippen molar-refractivity contribution in [2.75, 3.05) is 0 Å². The first-order valence-electron chi connectivity index (χ1n) is 4.53. The number of halogens is 1. The van der Waals surface area contributed by atoms with Crippen LogP contribution in [0.1, 0.15) is 5.56 Å². The van der Waals surface area contributed by atoms with Gasteiger partial charge in [-0.15, -0.1) is 0 Å². The van der Waals surface area contributed by atoms with Crippen molar-refractivity contribution in [1.29, 1.82) is 0 Å². The van der Waals surface area contributed by atoms with E-state index in [0.717, 1.165) is 5.56 Å². The Morgan fingerprint density at radius 1 is 1.20 bits per heavy atom. The summed E-state index contributed by atoms with van der Waals surface area (Å²) in [7, 11) is 0. The Morgan fingerprint density at radius 2 is 2.00 bits per heavy atom. The lowest BCUT2D eigenvalue weighted by molar-refractivity contribution is 0.639. The van der Waals surface area contributed by atoms with E-state index in [4.69, 9.17) is 11.6 Å². The van der Waals surface area contributed by atoms with Crippen LogP contribution in [0.15, 0.2) is 47.4 Å². The van der Waals surface area contributed by atoms with Crippen LogP contribution >= 0.6 is 11.6 Å². The topological polar surface area (TPSA) is 34.9 Å². The van der Waals surface area contributed by atoms with E-state index in [2.05, 4.69) is 5.10 Å². The summed E-state index contributed by atoms with van der Waals surface area (Å²) in [4.78, 5) is 11.4. The van der Waals surface area contributed by atoms with Crippen LogP contribution in [0, 0.1) is 0 Å². The van der Waals surface area contributed by atoms with Crippen LogP contribution in [0.2, 0.25) is 5.02 Å². The lowest BCUT2D eigenvalue weighted by Gasteiger charge is -2.04. The smallest absolute Gasteiger partial charge is 0.267 e. The summed E-state index contributed by atoms with van der Waals surface area (Å²) in [6, 6.07) is 10.5. The van der Waals surface area contributed by atoms with Gasteiger partial charge in [-0.1, -0.05) is 29.8 Å². The average molecular weight is 221 g/mol. The van der Waals surface area contributed by atoms with E-state index in [1.807, 2.05) is 18.2 Å². The molecule has 4 heteroatoms. The molecular weight excluding hydrogens is 212 g/mol. The second kappa shape index (κ2) is 4.28. The summed E-state index contributed by atoms with van der Waals surface area (Å²) in [6.07, 6.45) is 1.58. The van der Waals surface area contributed by atoms with Gasteiger partial charge < -0.3 is 0 Å². The monoisotopic (exact) mass is 220 g/mol. The molecule has 2 rings (SSSR count). The molecule has 1 aromatic carbocycles. The van der Waals surface area contributed by atoms with Crippen molar-refractivity contribution in [3.8, 4) is 0 Å². The van der Waals surface area contributed by atoms with Crippen molar-refractivity contribution in [2.45, 2.75) is 6.54 Å². The summed E-state index contributed by atoms with van der Waals surface area (Å²) < 4.78 is 1.38. The van der Waals surface area contributed by atoms with Crippen molar-refractivity contribution in [3.05, 3.63) is 63.5 Å². The largest absolute Gasteiger partial charge is 0.268 e. The first-order chi connectivity index (χ1) is 7.27. The minimum atomic E-state index is -0.127. The predicted octanol–water partition coefficient (Wildman–Crippen LogP) is 1.95. The van der Waals surface area contributed by atoms with Crippen LogP contribution in [-0.2, 0) is 6.54 Å². The van der Waals surface area contributed by atoms with Gasteiger partial charge in [-0.05, 0) is 17.7 Å². The van der Waals surface area contributed by atoms with Crippen LogP contribution in [0.4, 0.5) is 0 Å². The summed E-state index contributed by atoms with van der Waals surface area (Å²) >= 11 is 5.98. The first kappa shape index (κ1) is 9.93. The lowest BCUT2D eigenvalue weighted by atomic mass is 10.2. The number of aromatic nitrogens is 2. The maximum absolute atomic E-state index is 11.4. The molecule has 0 saturated heterocycles. The highest BCUT2D eigenvalue weighted by Gasteiger charge is 2.01. The van der Waals surface area contributed by atoms with E-state index in [1.54, 1.807) is 18.3 Å². The molecule has 0 aliphatic carbocycles. The van der Waals surface area contributed by atoms with Crippen LogP contribution in [0.5, 0.6) is 0 Å². The standard InChI is InChI=1S/C11H9ClN2O/c12-10-5-2-1-4-9(10)8-14-11(15)6-3-7-13-14/h1-7H,8H2. The zero-order valence-electron chi connectivity index (χ0n) is 7.93. The number of benzene rings is 1. The molecule has 76 valence electrons. The van der Waals surface area contributed by atoms with Crippen molar-refractivity contribution < 1.29 is 0 Å². The van der Waals surface area contributed by atoms with Crippen LogP contribution < -0.4 is 5.56 Å². The minimum absolute atomic E-state index is 0.127. The van der Waals surface area contributed by atoms with Gasteiger partial charge in [0.2, 0.25) is 0 Å². The van der Waals surface area contributed by atoms with E-state index in [1.165, 1.54) is 10.7 Å². The van der Waals surface area contributed by atoms with Crippen molar-refractivity contribution in [2.24, 2.45) is 0 Å². The van der Waals surface area contributed by atoms with Gasteiger partial charge in [-0.2, -0.15) is 5.10 Å². The second-order valence-electron chi connectivity index (χ2n) is 3.11. The first-order valence-corrected chi connectivity index (χ1v) is 4.91. The summed E-state index contributed by atoms with van der Waals surface area (Å²) in [6.45, 7) is 0.402. The highest BCUT2D eigenvalue weighted by molar-refractivity contribution is 6.31.